The van der Waals surface area contributed by atoms with E-state index in [2.05, 4.69) is 5.10 Å². The van der Waals surface area contributed by atoms with Gasteiger partial charge in [-0.2, -0.15) is 17.6 Å². The third-order valence-corrected chi connectivity index (χ3v) is 6.81. The van der Waals surface area contributed by atoms with E-state index in [0.29, 0.717) is 41.5 Å². The first-order valence-electron chi connectivity index (χ1n) is 9.68. The van der Waals surface area contributed by atoms with Crippen LogP contribution in [0.3, 0.4) is 0 Å². The van der Waals surface area contributed by atoms with Crippen LogP contribution in [0.5, 0.6) is 11.5 Å². The molecule has 1 N–H and O–H groups in total. The molecule has 2 aliphatic heterocycles. The molecule has 3 aromatic rings. The van der Waals surface area contributed by atoms with Crippen molar-refractivity contribution in [3.63, 3.8) is 0 Å². The molecule has 0 saturated carbocycles. The molecule has 0 radical (unpaired) electrons. The van der Waals surface area contributed by atoms with Crippen LogP contribution in [0.4, 0.5) is 0 Å². The summed E-state index contributed by atoms with van der Waals surface area (Å²) in [5.74, 6) is 0.420. The van der Waals surface area contributed by atoms with E-state index in [-0.39, 0.29) is 18.0 Å². The lowest BCUT2D eigenvalue weighted by molar-refractivity contribution is -0.141. The van der Waals surface area contributed by atoms with Gasteiger partial charge in [0.25, 0.3) is 15.9 Å². The van der Waals surface area contributed by atoms with Crippen LogP contribution in [0.15, 0.2) is 59.6 Å². The zero-order valence-electron chi connectivity index (χ0n) is 16.3. The number of hydrogen-bond acceptors (Lipinski definition) is 7. The van der Waals surface area contributed by atoms with Crippen molar-refractivity contribution < 1.29 is 27.8 Å². The van der Waals surface area contributed by atoms with Crippen LogP contribution < -0.4 is 9.47 Å². The lowest BCUT2D eigenvalue weighted by Crippen LogP contribution is -2.31. The van der Waals surface area contributed by atoms with Crippen LogP contribution in [0.25, 0.3) is 0 Å². The van der Waals surface area contributed by atoms with E-state index in [1.54, 1.807) is 36.4 Å². The van der Waals surface area contributed by atoms with Gasteiger partial charge in [0.2, 0.25) is 0 Å². The quantitative estimate of drug-likeness (QED) is 0.653. The van der Waals surface area contributed by atoms with Crippen molar-refractivity contribution in [3.05, 3.63) is 71.5 Å². The summed E-state index contributed by atoms with van der Waals surface area (Å²) >= 11 is 0. The van der Waals surface area contributed by atoms with Gasteiger partial charge in [-0.25, -0.2) is 0 Å². The Morgan fingerprint density at radius 3 is 2.52 bits per heavy atom. The van der Waals surface area contributed by atoms with Crippen molar-refractivity contribution in [2.45, 2.75) is 24.1 Å². The van der Waals surface area contributed by atoms with Crippen molar-refractivity contribution in [1.29, 1.82) is 0 Å². The van der Waals surface area contributed by atoms with E-state index in [1.165, 1.54) is 23.2 Å². The number of benzene rings is 2. The lowest BCUT2D eigenvalue weighted by atomic mass is 10.1. The number of rotatable bonds is 4. The van der Waals surface area contributed by atoms with E-state index in [4.69, 9.17) is 9.47 Å². The van der Waals surface area contributed by atoms with Gasteiger partial charge in [-0.15, -0.1) is 0 Å². The SMILES string of the molecule is O=C([C@@H](O)c1ccccc1)N1Cc2cn(S(=O)(=O)c3ccc4c(c3)OCCO4)nc2C1. The fraction of sp³-hybridized carbons (Fsp3) is 0.238. The number of aromatic nitrogens is 2. The largest absolute Gasteiger partial charge is 0.486 e. The Labute approximate surface area is 178 Å². The monoisotopic (exact) mass is 441 g/mol. The predicted octanol–water partition coefficient (Wildman–Crippen LogP) is 1.47. The molecule has 0 spiro atoms. The van der Waals surface area contributed by atoms with Crippen molar-refractivity contribution in [3.8, 4) is 11.5 Å². The van der Waals surface area contributed by atoms with Gasteiger partial charge in [-0.05, 0) is 17.7 Å². The van der Waals surface area contributed by atoms with Gasteiger partial charge < -0.3 is 19.5 Å². The topological polar surface area (TPSA) is 111 Å². The summed E-state index contributed by atoms with van der Waals surface area (Å²) < 4.78 is 37.9. The van der Waals surface area contributed by atoms with Gasteiger partial charge in [-0.1, -0.05) is 30.3 Å². The molecular formula is C21H19N3O6S. The standard InChI is InChI=1S/C21H19N3O6S/c25-20(14-4-2-1-3-5-14)21(26)23-11-15-12-24(22-17(15)13-23)31(27,28)16-6-7-18-19(10-16)30-9-8-29-18/h1-7,10,12,20,25H,8-9,11,13H2/t20-/m0/s1. The minimum Gasteiger partial charge on any atom is -0.486 e. The molecule has 1 aromatic heterocycles. The first kappa shape index (κ1) is 19.6. The molecule has 2 aromatic carbocycles. The highest BCUT2D eigenvalue weighted by molar-refractivity contribution is 7.89. The average Bonchev–Trinajstić information content (AvgIpc) is 3.38. The van der Waals surface area contributed by atoms with Crippen molar-refractivity contribution in [2.75, 3.05) is 13.2 Å². The van der Waals surface area contributed by atoms with E-state index in [9.17, 15) is 18.3 Å². The second-order valence-corrected chi connectivity index (χ2v) is 9.09. The average molecular weight is 441 g/mol. The summed E-state index contributed by atoms with van der Waals surface area (Å²) in [6.45, 7) is 1.07. The van der Waals surface area contributed by atoms with Crippen molar-refractivity contribution in [1.82, 2.24) is 14.1 Å². The molecule has 0 saturated heterocycles. The maximum atomic E-state index is 13.0. The van der Waals surface area contributed by atoms with E-state index in [0.717, 1.165) is 4.09 Å². The number of aliphatic hydroxyl groups excluding tert-OH is 1. The number of hydrogen-bond donors (Lipinski definition) is 1. The van der Waals surface area contributed by atoms with Crippen LogP contribution in [-0.4, -0.2) is 46.7 Å². The fourth-order valence-corrected chi connectivity index (χ4v) is 4.83. The Morgan fingerprint density at radius 2 is 1.77 bits per heavy atom. The van der Waals surface area contributed by atoms with Gasteiger partial charge in [0.15, 0.2) is 17.6 Å². The highest BCUT2D eigenvalue weighted by atomic mass is 32.2. The molecule has 0 aliphatic carbocycles. The van der Waals surface area contributed by atoms with Crippen LogP contribution in [0, 0.1) is 0 Å². The number of ether oxygens (including phenoxy) is 2. The Hall–Kier alpha value is -3.37. The summed E-state index contributed by atoms with van der Waals surface area (Å²) in [7, 11) is -3.93. The van der Waals surface area contributed by atoms with Gasteiger partial charge in [0, 0.05) is 24.4 Å². The zero-order valence-corrected chi connectivity index (χ0v) is 17.2. The minimum absolute atomic E-state index is 0.0327. The summed E-state index contributed by atoms with van der Waals surface area (Å²) in [6.07, 6.45) is 0.127. The highest BCUT2D eigenvalue weighted by Crippen LogP contribution is 2.33. The van der Waals surface area contributed by atoms with Gasteiger partial charge in [0.05, 0.1) is 17.1 Å². The van der Waals surface area contributed by atoms with Crippen molar-refractivity contribution in [2.24, 2.45) is 0 Å². The number of aliphatic hydroxyl groups is 1. The third kappa shape index (κ3) is 3.43. The second-order valence-electron chi connectivity index (χ2n) is 7.29. The lowest BCUT2D eigenvalue weighted by Gasteiger charge is -2.20. The first-order chi connectivity index (χ1) is 14.9. The summed E-state index contributed by atoms with van der Waals surface area (Å²) in [4.78, 5) is 14.1. The van der Waals surface area contributed by atoms with Gasteiger partial charge in [-0.3, -0.25) is 4.79 Å². The van der Waals surface area contributed by atoms with Crippen LogP contribution >= 0.6 is 0 Å². The smallest absolute Gasteiger partial charge is 0.283 e. The van der Waals surface area contributed by atoms with Crippen LogP contribution in [-0.2, 0) is 27.9 Å². The zero-order chi connectivity index (χ0) is 21.6. The molecule has 160 valence electrons. The number of fused-ring (bicyclic) bond motifs is 2. The number of amides is 1. The maximum absolute atomic E-state index is 13.0. The normalized spacial score (nSPS) is 16.1. The summed E-state index contributed by atoms with van der Waals surface area (Å²) in [6, 6.07) is 13.1. The molecule has 1 amide bonds. The minimum atomic E-state index is -3.93. The summed E-state index contributed by atoms with van der Waals surface area (Å²) in [5, 5.41) is 14.6. The Morgan fingerprint density at radius 1 is 1.03 bits per heavy atom. The van der Waals surface area contributed by atoms with Gasteiger partial charge in [0.1, 0.15) is 13.2 Å². The van der Waals surface area contributed by atoms with E-state index in [1.807, 2.05) is 0 Å². The Balaban J connectivity index is 1.35. The number of nitrogens with zero attached hydrogens (tertiary/aromatic N) is 3. The van der Waals surface area contributed by atoms with Crippen molar-refractivity contribution >= 4 is 15.9 Å². The fourth-order valence-electron chi connectivity index (χ4n) is 3.65. The van der Waals surface area contributed by atoms with E-state index < -0.39 is 22.0 Å². The number of carbonyl (C=O) groups excluding carboxylic acids is 1. The molecule has 9 nitrogen and oxygen atoms in total. The molecule has 0 fully saturated rings. The molecule has 0 bridgehead atoms. The van der Waals surface area contributed by atoms with Crippen LogP contribution in [0.1, 0.15) is 22.9 Å². The molecule has 3 heterocycles. The maximum Gasteiger partial charge on any atom is 0.283 e. The number of carbonyl (C=O) groups is 1. The molecule has 2 aliphatic rings. The molecule has 5 rings (SSSR count). The Kier molecular flexibility index (Phi) is 4.67. The molecule has 0 unspecified atom stereocenters. The second kappa shape index (κ2) is 7.40. The summed E-state index contributed by atoms with van der Waals surface area (Å²) in [5.41, 5.74) is 1.60. The molecule has 1 atom stereocenters. The van der Waals surface area contributed by atoms with E-state index >= 15 is 0 Å². The van der Waals surface area contributed by atoms with Crippen LogP contribution in [0.2, 0.25) is 0 Å². The molecule has 31 heavy (non-hydrogen) atoms. The third-order valence-electron chi connectivity index (χ3n) is 5.28. The predicted molar refractivity (Wildman–Crippen MR) is 108 cm³/mol. The molecule has 10 heteroatoms. The molecular weight excluding hydrogens is 422 g/mol. The van der Waals surface area contributed by atoms with Gasteiger partial charge >= 0.3 is 0 Å². The first-order valence-corrected chi connectivity index (χ1v) is 11.1. The Bertz CT molecular complexity index is 1230. The highest BCUT2D eigenvalue weighted by Gasteiger charge is 2.33.